The van der Waals surface area contributed by atoms with E-state index < -0.39 is 0 Å². The Balaban J connectivity index is 1.54. The second-order valence-electron chi connectivity index (χ2n) is 5.26. The van der Waals surface area contributed by atoms with E-state index in [4.69, 9.17) is 22.1 Å². The van der Waals surface area contributed by atoms with E-state index in [0.717, 1.165) is 22.1 Å². The van der Waals surface area contributed by atoms with Crippen molar-refractivity contribution in [1.29, 1.82) is 0 Å². The molecule has 21 heavy (non-hydrogen) atoms. The summed E-state index contributed by atoms with van der Waals surface area (Å²) >= 11 is 7.62. The SMILES string of the molecule is NC(CSc1ccc(Cl)cc1)c1ccc(OC2CC2)cc1. The first-order chi connectivity index (χ1) is 10.2. The average molecular weight is 320 g/mol. The topological polar surface area (TPSA) is 35.2 Å². The molecule has 3 rings (SSSR count). The molecular weight excluding hydrogens is 302 g/mol. The highest BCUT2D eigenvalue weighted by Crippen LogP contribution is 2.28. The summed E-state index contributed by atoms with van der Waals surface area (Å²) in [5.41, 5.74) is 7.39. The molecule has 0 saturated heterocycles. The number of nitrogens with two attached hydrogens (primary N) is 1. The molecule has 4 heteroatoms. The van der Waals surface area contributed by atoms with Crippen LogP contribution >= 0.6 is 23.4 Å². The van der Waals surface area contributed by atoms with Gasteiger partial charge in [0.2, 0.25) is 0 Å². The van der Waals surface area contributed by atoms with E-state index in [1.165, 1.54) is 17.7 Å². The number of ether oxygens (including phenoxy) is 1. The quantitative estimate of drug-likeness (QED) is 0.786. The highest BCUT2D eigenvalue weighted by Gasteiger charge is 2.23. The smallest absolute Gasteiger partial charge is 0.119 e. The Morgan fingerprint density at radius 1 is 1.10 bits per heavy atom. The molecule has 0 radical (unpaired) electrons. The van der Waals surface area contributed by atoms with Gasteiger partial charge in [-0.25, -0.2) is 0 Å². The number of hydrogen-bond donors (Lipinski definition) is 1. The van der Waals surface area contributed by atoms with Crippen LogP contribution in [0.1, 0.15) is 24.4 Å². The van der Waals surface area contributed by atoms with E-state index in [9.17, 15) is 0 Å². The van der Waals surface area contributed by atoms with E-state index in [-0.39, 0.29) is 6.04 Å². The molecule has 0 bridgehead atoms. The zero-order valence-electron chi connectivity index (χ0n) is 11.7. The van der Waals surface area contributed by atoms with Crippen LogP contribution < -0.4 is 10.5 Å². The van der Waals surface area contributed by atoms with Crippen LogP contribution in [0.2, 0.25) is 5.02 Å². The zero-order valence-corrected chi connectivity index (χ0v) is 13.2. The fourth-order valence-corrected chi connectivity index (χ4v) is 3.00. The highest BCUT2D eigenvalue weighted by atomic mass is 35.5. The molecule has 2 N–H and O–H groups in total. The lowest BCUT2D eigenvalue weighted by Crippen LogP contribution is -2.12. The standard InChI is InChI=1S/C17H18ClNOS/c18-13-3-9-16(10-4-13)21-11-17(19)12-1-5-14(6-2-12)20-15-7-8-15/h1-6,9-10,15,17H,7-8,11,19H2. The van der Waals surface area contributed by atoms with Crippen LogP contribution in [0.4, 0.5) is 0 Å². The minimum Gasteiger partial charge on any atom is -0.490 e. The Morgan fingerprint density at radius 3 is 2.38 bits per heavy atom. The van der Waals surface area contributed by atoms with Crippen LogP contribution in [-0.4, -0.2) is 11.9 Å². The summed E-state index contributed by atoms with van der Waals surface area (Å²) in [7, 11) is 0. The molecule has 1 aliphatic carbocycles. The minimum atomic E-state index is 0.0145. The third kappa shape index (κ3) is 4.40. The third-order valence-electron chi connectivity index (χ3n) is 3.38. The van der Waals surface area contributed by atoms with Gasteiger partial charge in [0.25, 0.3) is 0 Å². The maximum absolute atomic E-state index is 6.25. The minimum absolute atomic E-state index is 0.0145. The first kappa shape index (κ1) is 14.8. The summed E-state index contributed by atoms with van der Waals surface area (Å²) in [6.45, 7) is 0. The number of hydrogen-bond acceptors (Lipinski definition) is 3. The van der Waals surface area contributed by atoms with Crippen molar-refractivity contribution in [1.82, 2.24) is 0 Å². The van der Waals surface area contributed by atoms with Crippen molar-refractivity contribution in [3.8, 4) is 5.75 Å². The molecule has 0 heterocycles. The second kappa shape index (κ2) is 6.73. The van der Waals surface area contributed by atoms with Crippen molar-refractivity contribution < 1.29 is 4.74 Å². The number of halogens is 1. The molecule has 1 unspecified atom stereocenters. The van der Waals surface area contributed by atoms with Crippen molar-refractivity contribution in [2.24, 2.45) is 5.73 Å². The van der Waals surface area contributed by atoms with E-state index in [1.54, 1.807) is 11.8 Å². The van der Waals surface area contributed by atoms with Crippen LogP contribution in [0.25, 0.3) is 0 Å². The van der Waals surface area contributed by atoms with Gasteiger partial charge in [0.1, 0.15) is 5.75 Å². The monoisotopic (exact) mass is 319 g/mol. The van der Waals surface area contributed by atoms with Crippen molar-refractivity contribution in [2.45, 2.75) is 29.9 Å². The summed E-state index contributed by atoms with van der Waals surface area (Å²) in [4.78, 5) is 1.18. The molecule has 1 fully saturated rings. The molecule has 2 nitrogen and oxygen atoms in total. The normalized spacial score (nSPS) is 15.7. The molecular formula is C17H18ClNOS. The first-order valence-corrected chi connectivity index (χ1v) is 8.47. The number of benzene rings is 2. The lowest BCUT2D eigenvalue weighted by molar-refractivity contribution is 0.303. The highest BCUT2D eigenvalue weighted by molar-refractivity contribution is 7.99. The van der Waals surface area contributed by atoms with Gasteiger partial charge in [-0.2, -0.15) is 0 Å². The molecule has 1 saturated carbocycles. The van der Waals surface area contributed by atoms with Crippen molar-refractivity contribution >= 4 is 23.4 Å². The van der Waals surface area contributed by atoms with Gasteiger partial charge in [-0.1, -0.05) is 23.7 Å². The van der Waals surface area contributed by atoms with Crippen LogP contribution in [0.15, 0.2) is 53.4 Å². The average Bonchev–Trinajstić information content (AvgIpc) is 3.31. The first-order valence-electron chi connectivity index (χ1n) is 7.11. The Hall–Kier alpha value is -1.16. The molecule has 0 amide bonds. The van der Waals surface area contributed by atoms with Gasteiger partial charge in [-0.05, 0) is 54.8 Å². The predicted octanol–water partition coefficient (Wildman–Crippen LogP) is 4.67. The summed E-state index contributed by atoms with van der Waals surface area (Å²) in [6, 6.07) is 16.0. The van der Waals surface area contributed by atoms with Gasteiger partial charge in [-0.15, -0.1) is 11.8 Å². The Bertz CT molecular complexity index is 581. The molecule has 1 atom stereocenters. The Labute approximate surface area is 134 Å². The summed E-state index contributed by atoms with van der Waals surface area (Å²) in [5.74, 6) is 1.78. The largest absolute Gasteiger partial charge is 0.490 e. The zero-order chi connectivity index (χ0) is 14.7. The maximum Gasteiger partial charge on any atom is 0.119 e. The second-order valence-corrected chi connectivity index (χ2v) is 6.79. The lowest BCUT2D eigenvalue weighted by atomic mass is 10.1. The van der Waals surface area contributed by atoms with Crippen molar-refractivity contribution in [2.75, 3.05) is 5.75 Å². The number of thioether (sulfide) groups is 1. The molecule has 0 aliphatic heterocycles. The van der Waals surface area contributed by atoms with Gasteiger partial charge in [0.05, 0.1) is 6.10 Å². The number of rotatable bonds is 6. The molecule has 0 spiro atoms. The van der Waals surface area contributed by atoms with E-state index in [2.05, 4.69) is 12.1 Å². The van der Waals surface area contributed by atoms with Crippen LogP contribution in [0.3, 0.4) is 0 Å². The van der Waals surface area contributed by atoms with Gasteiger partial charge in [-0.3, -0.25) is 0 Å². The van der Waals surface area contributed by atoms with E-state index in [0.29, 0.717) is 6.10 Å². The Kier molecular flexibility index (Phi) is 4.73. The molecule has 0 aromatic heterocycles. The van der Waals surface area contributed by atoms with Crippen LogP contribution in [0, 0.1) is 0 Å². The summed E-state index contributed by atoms with van der Waals surface area (Å²) in [6.07, 6.45) is 2.79. The molecule has 110 valence electrons. The molecule has 2 aromatic carbocycles. The van der Waals surface area contributed by atoms with Crippen molar-refractivity contribution in [3.05, 3.63) is 59.1 Å². The van der Waals surface area contributed by atoms with Gasteiger partial charge in [0.15, 0.2) is 0 Å². The summed E-state index contributed by atoms with van der Waals surface area (Å²) < 4.78 is 5.74. The van der Waals surface area contributed by atoms with Crippen molar-refractivity contribution in [3.63, 3.8) is 0 Å². The Morgan fingerprint density at radius 2 is 1.76 bits per heavy atom. The lowest BCUT2D eigenvalue weighted by Gasteiger charge is -2.13. The van der Waals surface area contributed by atoms with E-state index in [1.807, 2.05) is 36.4 Å². The fraction of sp³-hybridized carbons (Fsp3) is 0.294. The molecule has 2 aromatic rings. The predicted molar refractivity (Wildman–Crippen MR) is 89.2 cm³/mol. The van der Waals surface area contributed by atoms with E-state index >= 15 is 0 Å². The third-order valence-corrected chi connectivity index (χ3v) is 4.76. The maximum atomic E-state index is 6.25. The van der Waals surface area contributed by atoms with Crippen LogP contribution in [-0.2, 0) is 0 Å². The molecule has 1 aliphatic rings. The van der Waals surface area contributed by atoms with Gasteiger partial charge < -0.3 is 10.5 Å². The van der Waals surface area contributed by atoms with Gasteiger partial charge in [0, 0.05) is 21.7 Å². The fourth-order valence-electron chi connectivity index (χ4n) is 1.98. The van der Waals surface area contributed by atoms with Crippen LogP contribution in [0.5, 0.6) is 5.75 Å². The summed E-state index contributed by atoms with van der Waals surface area (Å²) in [5, 5.41) is 0.759. The van der Waals surface area contributed by atoms with Gasteiger partial charge >= 0.3 is 0 Å².